The van der Waals surface area contributed by atoms with Gasteiger partial charge in [-0.3, -0.25) is 0 Å². The van der Waals surface area contributed by atoms with Crippen molar-refractivity contribution in [2.24, 2.45) is 0 Å². The second-order valence-corrected chi connectivity index (χ2v) is 7.53. The number of benzene rings is 1. The van der Waals surface area contributed by atoms with Crippen LogP contribution in [0.2, 0.25) is 0 Å². The number of methoxy groups -OCH3 is 1. The van der Waals surface area contributed by atoms with Crippen LogP contribution in [0.5, 0.6) is 0 Å². The minimum atomic E-state index is -0.513. The third kappa shape index (κ3) is 2.86. The molecule has 1 aliphatic heterocycles. The Kier molecular flexibility index (Phi) is 4.12. The van der Waals surface area contributed by atoms with Crippen LogP contribution in [0.3, 0.4) is 0 Å². The quantitative estimate of drug-likeness (QED) is 0.492. The highest BCUT2D eigenvalue weighted by Crippen LogP contribution is 2.31. The van der Waals surface area contributed by atoms with E-state index in [0.717, 1.165) is 53.2 Å². The molecule has 0 saturated carbocycles. The van der Waals surface area contributed by atoms with Gasteiger partial charge in [-0.05, 0) is 35.7 Å². The summed E-state index contributed by atoms with van der Waals surface area (Å²) in [6, 6.07) is 10.2. The van der Waals surface area contributed by atoms with Crippen LogP contribution < -0.4 is 9.80 Å². The van der Waals surface area contributed by atoms with E-state index >= 15 is 0 Å². The minimum Gasteiger partial charge on any atom is -0.464 e. The first-order chi connectivity index (χ1) is 13.7. The van der Waals surface area contributed by atoms with Crippen LogP contribution in [0, 0.1) is 0 Å². The van der Waals surface area contributed by atoms with Gasteiger partial charge in [0.05, 0.1) is 23.6 Å². The van der Waals surface area contributed by atoms with Gasteiger partial charge in [0.25, 0.3) is 0 Å². The average molecular weight is 394 g/mol. The van der Waals surface area contributed by atoms with Gasteiger partial charge in [0.15, 0.2) is 5.82 Å². The third-order valence-electron chi connectivity index (χ3n) is 5.03. The molecule has 142 valence electrons. The number of rotatable bonds is 3. The number of ether oxygens (including phenoxy) is 1. The Morgan fingerprint density at radius 1 is 1.11 bits per heavy atom. The molecule has 0 atom stereocenters. The van der Waals surface area contributed by atoms with Gasteiger partial charge in [0.2, 0.25) is 5.82 Å². The Morgan fingerprint density at radius 2 is 1.93 bits per heavy atom. The molecular weight excluding hydrogens is 376 g/mol. The molecule has 1 fully saturated rings. The normalized spacial score (nSPS) is 14.8. The maximum absolute atomic E-state index is 12.0. The highest BCUT2D eigenvalue weighted by Gasteiger charge is 2.23. The van der Waals surface area contributed by atoms with Crippen LogP contribution in [-0.2, 0) is 4.74 Å². The van der Waals surface area contributed by atoms with Gasteiger partial charge in [0.1, 0.15) is 5.58 Å². The fraction of sp³-hybridized carbons (Fsp3) is 0.250. The molecule has 5 rings (SSSR count). The van der Waals surface area contributed by atoms with Crippen LogP contribution in [-0.4, -0.2) is 49.2 Å². The molecule has 0 unspecified atom stereocenters. The van der Waals surface area contributed by atoms with E-state index in [1.54, 1.807) is 17.6 Å². The van der Waals surface area contributed by atoms with Crippen LogP contribution in [0.15, 0.2) is 46.4 Å². The Bertz CT molecular complexity index is 1160. The standard InChI is InChI=1S/C20H18N4O3S/c1-26-20(25)18-21-15-5-11-28-17(15)19(22-18)24-8-6-23(7-9-24)14-2-3-16-13(12-14)4-10-27-16/h2-5,10-12H,6-9H2,1H3. The summed E-state index contributed by atoms with van der Waals surface area (Å²) >= 11 is 1.59. The summed E-state index contributed by atoms with van der Waals surface area (Å²) in [5.41, 5.74) is 2.87. The zero-order valence-electron chi connectivity index (χ0n) is 15.3. The number of fused-ring (bicyclic) bond motifs is 2. The lowest BCUT2D eigenvalue weighted by Gasteiger charge is -2.37. The Balaban J connectivity index is 1.40. The molecule has 0 aliphatic carbocycles. The van der Waals surface area contributed by atoms with E-state index in [9.17, 15) is 4.79 Å². The van der Waals surface area contributed by atoms with E-state index < -0.39 is 5.97 Å². The van der Waals surface area contributed by atoms with Crippen molar-refractivity contribution in [3.8, 4) is 0 Å². The van der Waals surface area contributed by atoms with E-state index in [4.69, 9.17) is 9.15 Å². The first-order valence-electron chi connectivity index (χ1n) is 9.03. The number of hydrogen-bond acceptors (Lipinski definition) is 8. The molecule has 4 aromatic rings. The van der Waals surface area contributed by atoms with Crippen molar-refractivity contribution in [2.45, 2.75) is 0 Å². The smallest absolute Gasteiger partial charge is 0.376 e. The second kappa shape index (κ2) is 6.79. The third-order valence-corrected chi connectivity index (χ3v) is 5.93. The van der Waals surface area contributed by atoms with E-state index in [-0.39, 0.29) is 5.82 Å². The summed E-state index contributed by atoms with van der Waals surface area (Å²) in [7, 11) is 1.35. The van der Waals surface area contributed by atoms with Crippen molar-refractivity contribution in [3.63, 3.8) is 0 Å². The topological polar surface area (TPSA) is 71.7 Å². The molecule has 4 heterocycles. The number of carbonyl (C=O) groups is 1. The van der Waals surface area contributed by atoms with E-state index in [0.29, 0.717) is 0 Å². The van der Waals surface area contributed by atoms with Gasteiger partial charge in [-0.25, -0.2) is 14.8 Å². The molecule has 8 heteroatoms. The summed E-state index contributed by atoms with van der Waals surface area (Å²) in [6.45, 7) is 3.36. The predicted molar refractivity (Wildman–Crippen MR) is 109 cm³/mol. The largest absolute Gasteiger partial charge is 0.464 e. The lowest BCUT2D eigenvalue weighted by atomic mass is 10.2. The van der Waals surface area contributed by atoms with Gasteiger partial charge in [0, 0.05) is 37.3 Å². The van der Waals surface area contributed by atoms with Crippen LogP contribution in [0.4, 0.5) is 11.5 Å². The van der Waals surface area contributed by atoms with Crippen LogP contribution in [0.25, 0.3) is 21.2 Å². The number of aromatic nitrogens is 2. The highest BCUT2D eigenvalue weighted by atomic mass is 32.1. The van der Waals surface area contributed by atoms with Gasteiger partial charge in [-0.2, -0.15) is 0 Å². The molecule has 0 bridgehead atoms. The van der Waals surface area contributed by atoms with E-state index in [1.807, 2.05) is 23.6 Å². The molecule has 0 N–H and O–H groups in total. The lowest BCUT2D eigenvalue weighted by molar-refractivity contribution is 0.0587. The molecule has 7 nitrogen and oxygen atoms in total. The van der Waals surface area contributed by atoms with Crippen molar-refractivity contribution < 1.29 is 13.9 Å². The second-order valence-electron chi connectivity index (χ2n) is 6.61. The van der Waals surface area contributed by atoms with Gasteiger partial charge in [-0.15, -0.1) is 11.3 Å². The molecule has 1 aliphatic rings. The summed E-state index contributed by atoms with van der Waals surface area (Å²) < 4.78 is 11.2. The first kappa shape index (κ1) is 17.0. The lowest BCUT2D eigenvalue weighted by Crippen LogP contribution is -2.47. The number of carbonyl (C=O) groups excluding carboxylic acids is 1. The minimum absolute atomic E-state index is 0.108. The van der Waals surface area contributed by atoms with Crippen molar-refractivity contribution >= 4 is 50.0 Å². The average Bonchev–Trinajstić information content (AvgIpc) is 3.41. The molecule has 0 spiro atoms. The zero-order chi connectivity index (χ0) is 19.1. The fourth-order valence-electron chi connectivity index (χ4n) is 3.57. The summed E-state index contributed by atoms with van der Waals surface area (Å²) in [5, 5.41) is 3.08. The molecule has 1 aromatic carbocycles. The number of nitrogens with zero attached hydrogens (tertiary/aromatic N) is 4. The van der Waals surface area contributed by atoms with Gasteiger partial charge < -0.3 is 19.0 Å². The van der Waals surface area contributed by atoms with Gasteiger partial charge in [-0.1, -0.05) is 0 Å². The molecular formula is C20H18N4O3S. The number of furan rings is 1. The Morgan fingerprint density at radius 3 is 2.75 bits per heavy atom. The highest BCUT2D eigenvalue weighted by molar-refractivity contribution is 7.17. The first-order valence-corrected chi connectivity index (χ1v) is 9.91. The molecule has 0 amide bonds. The summed E-state index contributed by atoms with van der Waals surface area (Å²) in [4.78, 5) is 25.4. The summed E-state index contributed by atoms with van der Waals surface area (Å²) in [5.74, 6) is 0.406. The van der Waals surface area contributed by atoms with Crippen molar-refractivity contribution in [2.75, 3.05) is 43.1 Å². The van der Waals surface area contributed by atoms with Gasteiger partial charge >= 0.3 is 5.97 Å². The van der Waals surface area contributed by atoms with Crippen molar-refractivity contribution in [1.82, 2.24) is 9.97 Å². The number of hydrogen-bond donors (Lipinski definition) is 0. The number of thiophene rings is 1. The maximum Gasteiger partial charge on any atom is 0.376 e. The van der Waals surface area contributed by atoms with Crippen molar-refractivity contribution in [1.29, 1.82) is 0 Å². The molecule has 28 heavy (non-hydrogen) atoms. The van der Waals surface area contributed by atoms with E-state index in [1.165, 1.54) is 12.8 Å². The maximum atomic E-state index is 12.0. The Hall–Kier alpha value is -3.13. The molecule has 3 aromatic heterocycles. The van der Waals surface area contributed by atoms with Crippen LogP contribution >= 0.6 is 11.3 Å². The summed E-state index contributed by atoms with van der Waals surface area (Å²) in [6.07, 6.45) is 1.71. The monoisotopic (exact) mass is 394 g/mol. The molecule has 0 radical (unpaired) electrons. The SMILES string of the molecule is COC(=O)c1nc(N2CCN(c3ccc4occc4c3)CC2)c2sccc2n1. The van der Waals surface area contributed by atoms with E-state index in [2.05, 4.69) is 31.9 Å². The number of esters is 1. The predicted octanol–water partition coefficient (Wildman–Crippen LogP) is 3.55. The molecule has 1 saturated heterocycles. The zero-order valence-corrected chi connectivity index (χ0v) is 16.1. The number of piperazine rings is 1. The number of anilines is 2. The van der Waals surface area contributed by atoms with Crippen molar-refractivity contribution in [3.05, 3.63) is 47.8 Å². The Labute approximate surface area is 165 Å². The van der Waals surface area contributed by atoms with Crippen LogP contribution in [0.1, 0.15) is 10.6 Å². The fourth-order valence-corrected chi connectivity index (χ4v) is 4.42.